The Balaban J connectivity index is 2.32. The number of carboxylic acids is 1. The summed E-state index contributed by atoms with van der Waals surface area (Å²) >= 11 is 0. The molecule has 0 radical (unpaired) electrons. The number of carbonyl (C=O) groups excluding carboxylic acids is 1. The van der Waals surface area contributed by atoms with Crippen LogP contribution in [0.1, 0.15) is 18.4 Å². The number of hydrogen-bond acceptors (Lipinski definition) is 4. The second-order valence-electron chi connectivity index (χ2n) is 3.61. The summed E-state index contributed by atoms with van der Waals surface area (Å²) in [5.74, 6) is -1.30. The highest BCUT2D eigenvalue weighted by molar-refractivity contribution is 5.82. The molecule has 1 amide bonds. The maximum Gasteiger partial charge on any atom is 0.303 e. The van der Waals surface area contributed by atoms with Crippen LogP contribution in [0.15, 0.2) is 24.5 Å². The van der Waals surface area contributed by atoms with E-state index in [1.54, 1.807) is 24.5 Å². The molecule has 17 heavy (non-hydrogen) atoms. The predicted molar refractivity (Wildman–Crippen MR) is 60.9 cm³/mol. The monoisotopic (exact) mass is 237 g/mol. The molecule has 0 aliphatic carbocycles. The fourth-order valence-corrected chi connectivity index (χ4v) is 1.23. The molecule has 1 heterocycles. The number of aliphatic carboxylic acids is 1. The lowest BCUT2D eigenvalue weighted by molar-refractivity contribution is -0.137. The molecule has 1 atom stereocenters. The van der Waals surface area contributed by atoms with Gasteiger partial charge in [-0.2, -0.15) is 0 Å². The Bertz CT molecular complexity index is 381. The molecule has 0 aromatic carbocycles. The Hall–Kier alpha value is -1.95. The summed E-state index contributed by atoms with van der Waals surface area (Å²) in [6, 6.07) is 2.78. The van der Waals surface area contributed by atoms with Gasteiger partial charge in [0.15, 0.2) is 0 Å². The summed E-state index contributed by atoms with van der Waals surface area (Å²) < 4.78 is 0. The van der Waals surface area contributed by atoms with E-state index < -0.39 is 12.0 Å². The Morgan fingerprint density at radius 3 is 2.65 bits per heavy atom. The number of aromatic nitrogens is 1. The van der Waals surface area contributed by atoms with E-state index in [0.717, 1.165) is 5.56 Å². The fourth-order valence-electron chi connectivity index (χ4n) is 1.23. The first-order valence-corrected chi connectivity index (χ1v) is 5.23. The molecule has 0 bridgehead atoms. The zero-order chi connectivity index (χ0) is 12.7. The zero-order valence-corrected chi connectivity index (χ0v) is 9.30. The molecule has 0 spiro atoms. The van der Waals surface area contributed by atoms with Gasteiger partial charge < -0.3 is 16.2 Å². The largest absolute Gasteiger partial charge is 0.481 e. The van der Waals surface area contributed by atoms with Gasteiger partial charge in [-0.1, -0.05) is 0 Å². The van der Waals surface area contributed by atoms with Crippen molar-refractivity contribution in [2.75, 3.05) is 0 Å². The van der Waals surface area contributed by atoms with Gasteiger partial charge >= 0.3 is 5.97 Å². The molecule has 6 nitrogen and oxygen atoms in total. The highest BCUT2D eigenvalue weighted by Gasteiger charge is 2.14. The normalized spacial score (nSPS) is 11.8. The molecule has 4 N–H and O–H groups in total. The van der Waals surface area contributed by atoms with Gasteiger partial charge in [0.1, 0.15) is 0 Å². The molecule has 0 aliphatic rings. The molecule has 1 rings (SSSR count). The van der Waals surface area contributed by atoms with Crippen molar-refractivity contribution in [3.05, 3.63) is 30.1 Å². The summed E-state index contributed by atoms with van der Waals surface area (Å²) in [6.45, 7) is 0.363. The molecule has 1 aromatic heterocycles. The number of nitrogens with one attached hydrogen (secondary N) is 1. The second-order valence-corrected chi connectivity index (χ2v) is 3.61. The quantitative estimate of drug-likeness (QED) is 0.640. The second kappa shape index (κ2) is 6.59. The molecule has 0 saturated carbocycles. The molecule has 0 saturated heterocycles. The van der Waals surface area contributed by atoms with Crippen molar-refractivity contribution in [2.24, 2.45) is 5.73 Å². The van der Waals surface area contributed by atoms with Crippen LogP contribution in [0, 0.1) is 0 Å². The van der Waals surface area contributed by atoms with Gasteiger partial charge in [-0.15, -0.1) is 0 Å². The lowest BCUT2D eigenvalue weighted by Crippen LogP contribution is -2.40. The number of nitrogens with zero attached hydrogens (tertiary/aromatic N) is 1. The number of amides is 1. The lowest BCUT2D eigenvalue weighted by Gasteiger charge is -2.10. The molecule has 1 aromatic rings. The first-order chi connectivity index (χ1) is 8.09. The summed E-state index contributed by atoms with van der Waals surface area (Å²) in [5.41, 5.74) is 6.46. The van der Waals surface area contributed by atoms with E-state index in [0.29, 0.717) is 6.54 Å². The number of carbonyl (C=O) groups is 2. The van der Waals surface area contributed by atoms with Crippen LogP contribution in [0.5, 0.6) is 0 Å². The number of nitrogens with two attached hydrogens (primary N) is 1. The Morgan fingerprint density at radius 1 is 1.41 bits per heavy atom. The molecule has 1 unspecified atom stereocenters. The van der Waals surface area contributed by atoms with Crippen molar-refractivity contribution in [3.8, 4) is 0 Å². The van der Waals surface area contributed by atoms with Crippen LogP contribution in [-0.4, -0.2) is 28.0 Å². The first kappa shape index (κ1) is 13.1. The predicted octanol–water partition coefficient (Wildman–Crippen LogP) is -0.110. The fraction of sp³-hybridized carbons (Fsp3) is 0.364. The molecular formula is C11H15N3O3. The molecule has 0 aliphatic heterocycles. The van der Waals surface area contributed by atoms with Gasteiger partial charge in [-0.25, -0.2) is 0 Å². The van der Waals surface area contributed by atoms with Crippen molar-refractivity contribution in [2.45, 2.75) is 25.4 Å². The Morgan fingerprint density at radius 2 is 2.06 bits per heavy atom. The van der Waals surface area contributed by atoms with Crippen LogP contribution >= 0.6 is 0 Å². The van der Waals surface area contributed by atoms with Gasteiger partial charge in [0.2, 0.25) is 5.91 Å². The first-order valence-electron chi connectivity index (χ1n) is 5.23. The highest BCUT2D eigenvalue weighted by Crippen LogP contribution is 1.98. The van der Waals surface area contributed by atoms with Crippen LogP contribution in [0.25, 0.3) is 0 Å². The van der Waals surface area contributed by atoms with E-state index in [4.69, 9.17) is 10.8 Å². The summed E-state index contributed by atoms with van der Waals surface area (Å²) in [6.07, 6.45) is 3.29. The van der Waals surface area contributed by atoms with E-state index >= 15 is 0 Å². The van der Waals surface area contributed by atoms with Crippen LogP contribution in [0.4, 0.5) is 0 Å². The van der Waals surface area contributed by atoms with E-state index in [9.17, 15) is 9.59 Å². The van der Waals surface area contributed by atoms with Crippen molar-refractivity contribution in [1.82, 2.24) is 10.3 Å². The molecular weight excluding hydrogens is 222 g/mol. The van der Waals surface area contributed by atoms with Crippen LogP contribution in [0.2, 0.25) is 0 Å². The zero-order valence-electron chi connectivity index (χ0n) is 9.30. The minimum absolute atomic E-state index is 0.107. The molecule has 6 heteroatoms. The lowest BCUT2D eigenvalue weighted by atomic mass is 10.1. The van der Waals surface area contributed by atoms with E-state index in [1.807, 2.05) is 0 Å². The molecule has 0 fully saturated rings. The third kappa shape index (κ3) is 5.07. The SMILES string of the molecule is NC(CCC(=O)O)C(=O)NCc1ccncc1. The van der Waals surface area contributed by atoms with Gasteiger partial charge in [0, 0.05) is 25.4 Å². The number of rotatable bonds is 6. The minimum atomic E-state index is -0.956. The van der Waals surface area contributed by atoms with Gasteiger partial charge in [0.25, 0.3) is 0 Å². The maximum atomic E-state index is 11.5. The average molecular weight is 237 g/mol. The van der Waals surface area contributed by atoms with E-state index in [-0.39, 0.29) is 18.7 Å². The van der Waals surface area contributed by atoms with E-state index in [1.165, 1.54) is 0 Å². The molecule has 92 valence electrons. The Kier molecular flexibility index (Phi) is 5.09. The minimum Gasteiger partial charge on any atom is -0.481 e. The summed E-state index contributed by atoms with van der Waals surface area (Å²) in [5, 5.41) is 11.1. The van der Waals surface area contributed by atoms with Crippen molar-refractivity contribution in [1.29, 1.82) is 0 Å². The third-order valence-electron chi connectivity index (χ3n) is 2.22. The van der Waals surface area contributed by atoms with Crippen molar-refractivity contribution >= 4 is 11.9 Å². The van der Waals surface area contributed by atoms with Crippen molar-refractivity contribution in [3.63, 3.8) is 0 Å². The smallest absolute Gasteiger partial charge is 0.303 e. The topological polar surface area (TPSA) is 105 Å². The van der Waals surface area contributed by atoms with Gasteiger partial charge in [-0.3, -0.25) is 14.6 Å². The van der Waals surface area contributed by atoms with Crippen LogP contribution in [0.3, 0.4) is 0 Å². The average Bonchev–Trinajstić information content (AvgIpc) is 2.34. The van der Waals surface area contributed by atoms with Crippen molar-refractivity contribution < 1.29 is 14.7 Å². The standard InChI is InChI=1S/C11H15N3O3/c12-9(1-2-10(15)16)11(17)14-7-8-3-5-13-6-4-8/h3-6,9H,1-2,7,12H2,(H,14,17)(H,15,16). The highest BCUT2D eigenvalue weighted by atomic mass is 16.4. The number of pyridine rings is 1. The summed E-state index contributed by atoms with van der Waals surface area (Å²) in [4.78, 5) is 25.6. The third-order valence-corrected chi connectivity index (χ3v) is 2.22. The van der Waals surface area contributed by atoms with Crippen LogP contribution < -0.4 is 11.1 Å². The maximum absolute atomic E-state index is 11.5. The number of carboxylic acid groups (broad SMARTS) is 1. The summed E-state index contributed by atoms with van der Waals surface area (Å²) in [7, 11) is 0. The number of hydrogen-bond donors (Lipinski definition) is 3. The Labute approximate surface area is 98.8 Å². The van der Waals surface area contributed by atoms with Gasteiger partial charge in [-0.05, 0) is 24.1 Å². The van der Waals surface area contributed by atoms with Gasteiger partial charge in [0.05, 0.1) is 6.04 Å². The van der Waals surface area contributed by atoms with E-state index in [2.05, 4.69) is 10.3 Å². The van der Waals surface area contributed by atoms with Crippen LogP contribution in [-0.2, 0) is 16.1 Å².